The van der Waals surface area contributed by atoms with Gasteiger partial charge in [-0.2, -0.15) is 9.94 Å². The first-order valence-electron chi connectivity index (χ1n) is 6.69. The first-order valence-corrected chi connectivity index (χ1v) is 6.69. The molecule has 8 heteroatoms. The van der Waals surface area contributed by atoms with Crippen molar-refractivity contribution in [3.8, 4) is 11.9 Å². The molecule has 108 valence electrons. The van der Waals surface area contributed by atoms with Crippen LogP contribution in [0.2, 0.25) is 0 Å². The molecule has 0 radical (unpaired) electrons. The molecule has 0 aliphatic carbocycles. The van der Waals surface area contributed by atoms with Crippen LogP contribution >= 0.6 is 0 Å². The summed E-state index contributed by atoms with van der Waals surface area (Å²) in [6.07, 6.45) is 4.71. The molecule has 2 N–H and O–H groups in total. The largest absolute Gasteiger partial charge is 0.382 e. The van der Waals surface area contributed by atoms with E-state index in [0.29, 0.717) is 23.0 Å². The summed E-state index contributed by atoms with van der Waals surface area (Å²) in [7, 11) is 2.08. The van der Waals surface area contributed by atoms with Crippen LogP contribution in [0, 0.1) is 11.3 Å². The maximum Gasteiger partial charge on any atom is 0.174 e. The molecule has 2 aromatic heterocycles. The van der Waals surface area contributed by atoms with Crippen molar-refractivity contribution in [3.63, 3.8) is 0 Å². The number of hydrogen-bond acceptors (Lipinski definition) is 7. The van der Waals surface area contributed by atoms with Gasteiger partial charge in [-0.25, -0.2) is 4.98 Å². The molecule has 0 unspecified atom stereocenters. The van der Waals surface area contributed by atoms with Gasteiger partial charge in [-0.15, -0.1) is 5.10 Å². The summed E-state index contributed by atoms with van der Waals surface area (Å²) >= 11 is 0. The summed E-state index contributed by atoms with van der Waals surface area (Å²) in [5, 5.41) is 13.9. The Labute approximate surface area is 122 Å². The minimum atomic E-state index is 0.298. The number of nitrogens with two attached hydrogens (primary N) is 1. The van der Waals surface area contributed by atoms with Crippen LogP contribution in [0.15, 0.2) is 18.6 Å². The second-order valence-corrected chi connectivity index (χ2v) is 4.96. The van der Waals surface area contributed by atoms with Gasteiger partial charge in [0, 0.05) is 38.6 Å². The highest BCUT2D eigenvalue weighted by Crippen LogP contribution is 2.26. The SMILES string of the molecule is CN1CCN(c2nn(-c3cnccn3)c(N)c2C#N)CC1. The van der Waals surface area contributed by atoms with E-state index in [-0.39, 0.29) is 0 Å². The molecule has 21 heavy (non-hydrogen) atoms. The highest BCUT2D eigenvalue weighted by Gasteiger charge is 2.24. The number of anilines is 2. The minimum absolute atomic E-state index is 0.298. The van der Waals surface area contributed by atoms with Gasteiger partial charge in [0.2, 0.25) is 0 Å². The van der Waals surface area contributed by atoms with Crippen molar-refractivity contribution >= 4 is 11.6 Å². The zero-order chi connectivity index (χ0) is 14.8. The lowest BCUT2D eigenvalue weighted by atomic mass is 10.2. The monoisotopic (exact) mass is 284 g/mol. The summed E-state index contributed by atoms with van der Waals surface area (Å²) in [5.41, 5.74) is 6.45. The lowest BCUT2D eigenvalue weighted by molar-refractivity contribution is 0.312. The van der Waals surface area contributed by atoms with Gasteiger partial charge in [0.25, 0.3) is 0 Å². The van der Waals surface area contributed by atoms with Crippen molar-refractivity contribution in [2.75, 3.05) is 43.9 Å². The van der Waals surface area contributed by atoms with E-state index in [2.05, 4.69) is 38.0 Å². The molecule has 2 aromatic rings. The molecular formula is C13H16N8. The average molecular weight is 284 g/mol. The molecule has 1 saturated heterocycles. The fourth-order valence-corrected chi connectivity index (χ4v) is 2.34. The van der Waals surface area contributed by atoms with E-state index in [1.54, 1.807) is 18.6 Å². The summed E-state index contributed by atoms with van der Waals surface area (Å²) in [6, 6.07) is 2.15. The predicted molar refractivity (Wildman–Crippen MR) is 78.0 cm³/mol. The third-order valence-electron chi connectivity index (χ3n) is 3.58. The molecular weight excluding hydrogens is 268 g/mol. The average Bonchev–Trinajstić information content (AvgIpc) is 2.85. The maximum atomic E-state index is 9.39. The molecule has 3 heterocycles. The molecule has 0 saturated carbocycles. The number of nitrogens with zero attached hydrogens (tertiary/aromatic N) is 7. The van der Waals surface area contributed by atoms with E-state index in [1.807, 2.05) is 0 Å². The van der Waals surface area contributed by atoms with Gasteiger partial charge in [0.1, 0.15) is 17.5 Å². The Hall–Kier alpha value is -2.66. The fourth-order valence-electron chi connectivity index (χ4n) is 2.34. The third kappa shape index (κ3) is 2.39. The van der Waals surface area contributed by atoms with Crippen LogP contribution in [0.3, 0.4) is 0 Å². The van der Waals surface area contributed by atoms with Gasteiger partial charge in [0.15, 0.2) is 11.6 Å². The lowest BCUT2D eigenvalue weighted by Crippen LogP contribution is -2.45. The van der Waals surface area contributed by atoms with Gasteiger partial charge in [-0.05, 0) is 7.05 Å². The van der Waals surface area contributed by atoms with Crippen LogP contribution in [0.4, 0.5) is 11.6 Å². The van der Waals surface area contributed by atoms with Crippen molar-refractivity contribution in [1.82, 2.24) is 24.6 Å². The lowest BCUT2D eigenvalue weighted by Gasteiger charge is -2.32. The quantitative estimate of drug-likeness (QED) is 0.819. The Balaban J connectivity index is 2.00. The fraction of sp³-hybridized carbons (Fsp3) is 0.385. The Morgan fingerprint density at radius 2 is 2.00 bits per heavy atom. The predicted octanol–water partition coefficient (Wildman–Crippen LogP) is -0.132. The zero-order valence-corrected chi connectivity index (χ0v) is 11.8. The van der Waals surface area contributed by atoms with Crippen molar-refractivity contribution in [1.29, 1.82) is 5.26 Å². The smallest absolute Gasteiger partial charge is 0.174 e. The Morgan fingerprint density at radius 1 is 1.24 bits per heavy atom. The minimum Gasteiger partial charge on any atom is -0.382 e. The molecule has 8 nitrogen and oxygen atoms in total. The highest BCUT2D eigenvalue weighted by molar-refractivity contribution is 5.66. The van der Waals surface area contributed by atoms with Gasteiger partial charge < -0.3 is 15.5 Å². The van der Waals surface area contributed by atoms with Crippen molar-refractivity contribution in [2.24, 2.45) is 0 Å². The summed E-state index contributed by atoms with van der Waals surface area (Å²) in [4.78, 5) is 12.5. The van der Waals surface area contributed by atoms with Crippen molar-refractivity contribution < 1.29 is 0 Å². The number of likely N-dealkylation sites (N-methyl/N-ethyl adjacent to an activating group) is 1. The Morgan fingerprint density at radius 3 is 2.62 bits per heavy atom. The van der Waals surface area contributed by atoms with Crippen LogP contribution in [0.5, 0.6) is 0 Å². The number of piperazine rings is 1. The van der Waals surface area contributed by atoms with Gasteiger partial charge in [-0.1, -0.05) is 0 Å². The van der Waals surface area contributed by atoms with Crippen LogP contribution in [0.1, 0.15) is 5.56 Å². The summed E-state index contributed by atoms with van der Waals surface area (Å²) in [6.45, 7) is 3.51. The van der Waals surface area contributed by atoms with Crippen LogP contribution in [-0.2, 0) is 0 Å². The molecule has 0 spiro atoms. The van der Waals surface area contributed by atoms with Crippen LogP contribution < -0.4 is 10.6 Å². The van der Waals surface area contributed by atoms with Gasteiger partial charge in [-0.3, -0.25) is 4.98 Å². The second-order valence-electron chi connectivity index (χ2n) is 4.96. The molecule has 1 aliphatic heterocycles. The Bertz CT molecular complexity index is 663. The number of aromatic nitrogens is 4. The van der Waals surface area contributed by atoms with E-state index in [4.69, 9.17) is 5.73 Å². The molecule has 0 atom stereocenters. The number of rotatable bonds is 2. The summed E-state index contributed by atoms with van der Waals surface area (Å²) in [5.74, 6) is 1.42. The molecule has 1 fully saturated rings. The van der Waals surface area contributed by atoms with Crippen molar-refractivity contribution in [2.45, 2.75) is 0 Å². The van der Waals surface area contributed by atoms with Gasteiger partial charge >= 0.3 is 0 Å². The molecule has 0 amide bonds. The van der Waals surface area contributed by atoms with Gasteiger partial charge in [0.05, 0.1) is 6.20 Å². The number of hydrogen-bond donors (Lipinski definition) is 1. The normalized spacial score (nSPS) is 15.9. The summed E-state index contributed by atoms with van der Waals surface area (Å²) < 4.78 is 1.47. The van der Waals surface area contributed by atoms with Crippen LogP contribution in [0.25, 0.3) is 5.82 Å². The molecule has 0 aromatic carbocycles. The van der Waals surface area contributed by atoms with E-state index in [0.717, 1.165) is 26.2 Å². The molecule has 1 aliphatic rings. The number of nitriles is 1. The van der Waals surface area contributed by atoms with E-state index in [1.165, 1.54) is 4.68 Å². The topological polar surface area (TPSA) is 99.9 Å². The molecule has 0 bridgehead atoms. The Kier molecular flexibility index (Phi) is 3.41. The third-order valence-corrected chi connectivity index (χ3v) is 3.58. The highest BCUT2D eigenvalue weighted by atomic mass is 15.4. The van der Waals surface area contributed by atoms with E-state index < -0.39 is 0 Å². The van der Waals surface area contributed by atoms with Crippen molar-refractivity contribution in [3.05, 3.63) is 24.2 Å². The van der Waals surface area contributed by atoms with Crippen LogP contribution in [-0.4, -0.2) is 57.9 Å². The standard InChI is InChI=1S/C13H16N8/c1-19-4-6-20(7-5-19)13-10(8-14)12(15)21(18-13)11-9-16-2-3-17-11/h2-3,9H,4-7,15H2,1H3. The van der Waals surface area contributed by atoms with E-state index in [9.17, 15) is 5.26 Å². The van der Waals surface area contributed by atoms with E-state index >= 15 is 0 Å². The zero-order valence-electron chi connectivity index (χ0n) is 11.8. The first-order chi connectivity index (χ1) is 10.2. The number of nitrogen functional groups attached to an aromatic ring is 1. The second kappa shape index (κ2) is 5.38. The molecule has 3 rings (SSSR count). The maximum absolute atomic E-state index is 9.39. The first kappa shape index (κ1) is 13.3.